The fourth-order valence-electron chi connectivity index (χ4n) is 2.56. The van der Waals surface area contributed by atoms with Gasteiger partial charge in [0.2, 0.25) is 5.91 Å². The van der Waals surface area contributed by atoms with Gasteiger partial charge >= 0.3 is 5.97 Å². The summed E-state index contributed by atoms with van der Waals surface area (Å²) in [4.78, 5) is 26.1. The van der Waals surface area contributed by atoms with Crippen LogP contribution in [0.3, 0.4) is 0 Å². The number of hydrogen-bond acceptors (Lipinski definition) is 4. The van der Waals surface area contributed by atoms with E-state index in [-0.39, 0.29) is 18.4 Å². The number of hydrogen-bond donors (Lipinski definition) is 2. The van der Waals surface area contributed by atoms with Gasteiger partial charge in [0.05, 0.1) is 6.42 Å². The van der Waals surface area contributed by atoms with Crippen LogP contribution in [0.15, 0.2) is 17.5 Å². The molecule has 1 amide bonds. The molecule has 6 heteroatoms. The SMILES string of the molecule is CCC(c1cccs1)N1CCNC(=O)C1CC(=O)O. The highest BCUT2D eigenvalue weighted by Crippen LogP contribution is 2.31. The number of carboxylic acids is 1. The van der Waals surface area contributed by atoms with Crippen LogP contribution in [0.4, 0.5) is 0 Å². The Kier molecular flexibility index (Phi) is 4.55. The van der Waals surface area contributed by atoms with E-state index in [9.17, 15) is 9.59 Å². The molecule has 0 spiro atoms. The van der Waals surface area contributed by atoms with Gasteiger partial charge in [-0.25, -0.2) is 0 Å². The lowest BCUT2D eigenvalue weighted by Crippen LogP contribution is -2.56. The Morgan fingerprint density at radius 2 is 2.47 bits per heavy atom. The maximum Gasteiger partial charge on any atom is 0.305 e. The molecular weight excluding hydrogens is 264 g/mol. The van der Waals surface area contributed by atoms with Crippen molar-refractivity contribution in [2.45, 2.75) is 31.8 Å². The smallest absolute Gasteiger partial charge is 0.305 e. The van der Waals surface area contributed by atoms with E-state index in [4.69, 9.17) is 5.11 Å². The normalized spacial score (nSPS) is 21.9. The second-order valence-corrected chi connectivity index (χ2v) is 5.56. The average Bonchev–Trinajstić information content (AvgIpc) is 2.87. The summed E-state index contributed by atoms with van der Waals surface area (Å²) in [5.41, 5.74) is 0. The minimum atomic E-state index is -0.937. The third kappa shape index (κ3) is 3.13. The highest BCUT2D eigenvalue weighted by molar-refractivity contribution is 7.10. The monoisotopic (exact) mass is 282 g/mol. The molecule has 1 aliphatic rings. The van der Waals surface area contributed by atoms with Crippen LogP contribution >= 0.6 is 11.3 Å². The van der Waals surface area contributed by atoms with Gasteiger partial charge < -0.3 is 10.4 Å². The number of thiophene rings is 1. The van der Waals surface area contributed by atoms with Crippen LogP contribution in [0.2, 0.25) is 0 Å². The molecule has 5 nitrogen and oxygen atoms in total. The molecule has 1 fully saturated rings. The summed E-state index contributed by atoms with van der Waals surface area (Å²) in [6.45, 7) is 3.34. The topological polar surface area (TPSA) is 69.6 Å². The second-order valence-electron chi connectivity index (χ2n) is 4.58. The van der Waals surface area contributed by atoms with Crippen LogP contribution in [0.5, 0.6) is 0 Å². The number of nitrogens with one attached hydrogen (secondary N) is 1. The first-order valence-corrected chi connectivity index (χ1v) is 7.30. The van der Waals surface area contributed by atoms with E-state index >= 15 is 0 Å². The fraction of sp³-hybridized carbons (Fsp3) is 0.538. The Labute approximate surface area is 116 Å². The number of aliphatic carboxylic acids is 1. The number of carbonyl (C=O) groups excluding carboxylic acids is 1. The second kappa shape index (κ2) is 6.16. The van der Waals surface area contributed by atoms with Gasteiger partial charge in [0.1, 0.15) is 6.04 Å². The average molecular weight is 282 g/mol. The third-order valence-electron chi connectivity index (χ3n) is 3.40. The van der Waals surface area contributed by atoms with Crippen LogP contribution in [0.25, 0.3) is 0 Å². The molecule has 1 aliphatic heterocycles. The maximum atomic E-state index is 11.9. The van der Waals surface area contributed by atoms with Gasteiger partial charge in [-0.05, 0) is 17.9 Å². The van der Waals surface area contributed by atoms with Crippen molar-refractivity contribution in [3.63, 3.8) is 0 Å². The van der Waals surface area contributed by atoms with Gasteiger partial charge in [0.15, 0.2) is 0 Å². The zero-order chi connectivity index (χ0) is 13.8. The van der Waals surface area contributed by atoms with Gasteiger partial charge in [-0.3, -0.25) is 14.5 Å². The summed E-state index contributed by atoms with van der Waals surface area (Å²) in [5, 5.41) is 13.7. The first-order chi connectivity index (χ1) is 9.13. The molecule has 2 rings (SSSR count). The van der Waals surface area contributed by atoms with Gasteiger partial charge in [-0.15, -0.1) is 11.3 Å². The van der Waals surface area contributed by atoms with Crippen molar-refractivity contribution in [2.24, 2.45) is 0 Å². The van der Waals surface area contributed by atoms with E-state index in [1.54, 1.807) is 11.3 Å². The Bertz CT molecular complexity index is 447. The number of carboxylic acid groups (broad SMARTS) is 1. The van der Waals surface area contributed by atoms with Gasteiger partial charge in [-0.1, -0.05) is 13.0 Å². The minimum absolute atomic E-state index is 0.121. The highest BCUT2D eigenvalue weighted by Gasteiger charge is 2.36. The Balaban J connectivity index is 2.22. The minimum Gasteiger partial charge on any atom is -0.481 e. The van der Waals surface area contributed by atoms with E-state index in [2.05, 4.69) is 12.2 Å². The summed E-state index contributed by atoms with van der Waals surface area (Å²) in [5.74, 6) is -1.11. The molecule has 0 aromatic carbocycles. The van der Waals surface area contributed by atoms with E-state index in [0.717, 1.165) is 6.42 Å². The van der Waals surface area contributed by atoms with E-state index in [1.165, 1.54) is 4.88 Å². The molecule has 1 aromatic heterocycles. The number of carbonyl (C=O) groups is 2. The molecule has 2 N–H and O–H groups in total. The number of amides is 1. The van der Waals surface area contributed by atoms with E-state index in [0.29, 0.717) is 13.1 Å². The highest BCUT2D eigenvalue weighted by atomic mass is 32.1. The first-order valence-electron chi connectivity index (χ1n) is 6.42. The molecule has 0 saturated carbocycles. The molecule has 104 valence electrons. The molecule has 2 unspecified atom stereocenters. The fourth-order valence-corrected chi connectivity index (χ4v) is 3.49. The van der Waals surface area contributed by atoms with Crippen LogP contribution in [-0.2, 0) is 9.59 Å². The standard InChI is InChI=1S/C13H18N2O3S/c1-2-9(11-4-3-7-19-11)15-6-5-14-13(18)10(15)8-12(16)17/h3-4,7,9-10H,2,5-6,8H2,1H3,(H,14,18)(H,16,17). The Morgan fingerprint density at radius 3 is 3.05 bits per heavy atom. The lowest BCUT2D eigenvalue weighted by atomic mass is 10.0. The van der Waals surface area contributed by atoms with Gasteiger partial charge in [0.25, 0.3) is 0 Å². The van der Waals surface area contributed by atoms with Crippen LogP contribution in [0.1, 0.15) is 30.7 Å². The molecule has 19 heavy (non-hydrogen) atoms. The Hall–Kier alpha value is -1.40. The quantitative estimate of drug-likeness (QED) is 0.858. The lowest BCUT2D eigenvalue weighted by Gasteiger charge is -2.39. The van der Waals surface area contributed by atoms with Crippen LogP contribution in [-0.4, -0.2) is 41.0 Å². The predicted molar refractivity (Wildman–Crippen MR) is 73.1 cm³/mol. The van der Waals surface area contributed by atoms with Crippen LogP contribution < -0.4 is 5.32 Å². The summed E-state index contributed by atoms with van der Waals surface area (Å²) >= 11 is 1.65. The largest absolute Gasteiger partial charge is 0.481 e. The first kappa shape index (κ1) is 14.0. The Morgan fingerprint density at radius 1 is 1.68 bits per heavy atom. The summed E-state index contributed by atoms with van der Waals surface area (Å²) in [7, 11) is 0. The number of rotatable bonds is 5. The zero-order valence-corrected chi connectivity index (χ0v) is 11.7. The molecule has 0 radical (unpaired) electrons. The molecular formula is C13H18N2O3S. The summed E-state index contributed by atoms with van der Waals surface area (Å²) in [6.07, 6.45) is 0.720. The van der Waals surface area contributed by atoms with Crippen molar-refractivity contribution in [3.05, 3.63) is 22.4 Å². The van der Waals surface area contributed by atoms with Gasteiger partial charge in [-0.2, -0.15) is 0 Å². The third-order valence-corrected chi connectivity index (χ3v) is 4.37. The van der Waals surface area contributed by atoms with E-state index in [1.807, 2.05) is 22.4 Å². The summed E-state index contributed by atoms with van der Waals surface area (Å²) in [6, 6.07) is 3.58. The van der Waals surface area contributed by atoms with Crippen molar-refractivity contribution >= 4 is 23.2 Å². The van der Waals surface area contributed by atoms with Gasteiger partial charge in [0, 0.05) is 24.0 Å². The number of piperazine rings is 1. The molecule has 0 bridgehead atoms. The molecule has 2 atom stereocenters. The lowest BCUT2D eigenvalue weighted by molar-refractivity contribution is -0.144. The van der Waals surface area contributed by atoms with Crippen molar-refractivity contribution in [1.29, 1.82) is 0 Å². The zero-order valence-electron chi connectivity index (χ0n) is 10.8. The molecule has 1 aromatic rings. The molecule has 0 aliphatic carbocycles. The molecule has 1 saturated heterocycles. The summed E-state index contributed by atoms with van der Waals surface area (Å²) < 4.78 is 0. The van der Waals surface area contributed by atoms with Crippen molar-refractivity contribution in [2.75, 3.05) is 13.1 Å². The van der Waals surface area contributed by atoms with Crippen LogP contribution in [0, 0.1) is 0 Å². The van der Waals surface area contributed by atoms with E-state index < -0.39 is 12.0 Å². The predicted octanol–water partition coefficient (Wildman–Crippen LogP) is 1.47. The van der Waals surface area contributed by atoms with Crippen molar-refractivity contribution in [1.82, 2.24) is 10.2 Å². The van der Waals surface area contributed by atoms with Crippen molar-refractivity contribution in [3.8, 4) is 0 Å². The maximum absolute atomic E-state index is 11.9. The molecule has 2 heterocycles. The number of nitrogens with zero attached hydrogens (tertiary/aromatic N) is 1. The van der Waals surface area contributed by atoms with Crippen molar-refractivity contribution < 1.29 is 14.7 Å².